The second-order valence-corrected chi connectivity index (χ2v) is 4.59. The maximum Gasteiger partial charge on any atom is 0.331 e. The van der Waals surface area contributed by atoms with Gasteiger partial charge in [-0.15, -0.1) is 11.3 Å². The van der Waals surface area contributed by atoms with Crippen LogP contribution in [0.5, 0.6) is 0 Å². The number of carboxylic acids is 1. The lowest BCUT2D eigenvalue weighted by molar-refractivity contribution is -0.139. The van der Waals surface area contributed by atoms with Crippen molar-refractivity contribution in [3.05, 3.63) is 34.3 Å². The zero-order valence-corrected chi connectivity index (χ0v) is 9.99. The highest BCUT2D eigenvalue weighted by Crippen LogP contribution is 2.19. The van der Waals surface area contributed by atoms with Gasteiger partial charge in [-0.25, -0.2) is 4.79 Å². The number of rotatable bonds is 4. The van der Waals surface area contributed by atoms with E-state index in [0.717, 1.165) is 11.7 Å². The van der Waals surface area contributed by atoms with Crippen molar-refractivity contribution in [2.24, 2.45) is 0 Å². The van der Waals surface area contributed by atoms with Crippen LogP contribution in [-0.4, -0.2) is 25.7 Å². The smallest absolute Gasteiger partial charge is 0.331 e. The Labute approximate surface area is 104 Å². The summed E-state index contributed by atoms with van der Waals surface area (Å²) in [6.07, 6.45) is 1.30. The van der Waals surface area contributed by atoms with Crippen molar-refractivity contribution >= 4 is 34.9 Å². The lowest BCUT2D eigenvalue weighted by Gasteiger charge is -2.11. The second kappa shape index (κ2) is 5.02. The van der Waals surface area contributed by atoms with Gasteiger partial charge in [-0.3, -0.25) is 4.79 Å². The summed E-state index contributed by atoms with van der Waals surface area (Å²) in [6.45, 7) is 0. The third-order valence-corrected chi connectivity index (χ3v) is 3.36. The van der Waals surface area contributed by atoms with Crippen molar-refractivity contribution in [1.82, 2.24) is 14.1 Å². The van der Waals surface area contributed by atoms with Crippen molar-refractivity contribution in [2.45, 2.75) is 6.04 Å². The Morgan fingerprint density at radius 2 is 2.29 bits per heavy atom. The first kappa shape index (κ1) is 11.7. The van der Waals surface area contributed by atoms with E-state index in [1.54, 1.807) is 17.5 Å². The normalized spacial score (nSPS) is 12.0. The number of nitrogens with zero attached hydrogens (tertiary/aromatic N) is 2. The molecule has 0 saturated carbocycles. The molecule has 8 heteroatoms. The topological polar surface area (TPSA) is 92.2 Å². The minimum absolute atomic E-state index is 0.123. The Balaban J connectivity index is 2.14. The third kappa shape index (κ3) is 2.66. The predicted octanol–water partition coefficient (Wildman–Crippen LogP) is 1.16. The summed E-state index contributed by atoms with van der Waals surface area (Å²) in [5, 5.41) is 13.2. The molecule has 2 N–H and O–H groups in total. The fourth-order valence-electron chi connectivity index (χ4n) is 1.18. The van der Waals surface area contributed by atoms with Crippen LogP contribution in [0.3, 0.4) is 0 Å². The monoisotopic (exact) mass is 269 g/mol. The number of aliphatic carboxylic acids is 1. The molecular formula is C9H7N3O3S2. The molecule has 0 fully saturated rings. The largest absolute Gasteiger partial charge is 0.479 e. The molecule has 88 valence electrons. The zero-order valence-electron chi connectivity index (χ0n) is 8.36. The Kier molecular flexibility index (Phi) is 3.45. The molecule has 0 aliphatic rings. The van der Waals surface area contributed by atoms with Gasteiger partial charge >= 0.3 is 5.97 Å². The van der Waals surface area contributed by atoms with Crippen LogP contribution >= 0.6 is 23.1 Å². The van der Waals surface area contributed by atoms with Gasteiger partial charge in [0, 0.05) is 4.88 Å². The summed E-state index contributed by atoms with van der Waals surface area (Å²) in [4.78, 5) is 23.3. The van der Waals surface area contributed by atoms with E-state index < -0.39 is 17.9 Å². The van der Waals surface area contributed by atoms with Gasteiger partial charge in [-0.2, -0.15) is 8.75 Å². The molecule has 2 rings (SSSR count). The summed E-state index contributed by atoms with van der Waals surface area (Å²) in [6, 6.07) is 2.33. The van der Waals surface area contributed by atoms with Crippen molar-refractivity contribution in [1.29, 1.82) is 0 Å². The van der Waals surface area contributed by atoms with Gasteiger partial charge in [-0.1, -0.05) is 6.07 Å². The van der Waals surface area contributed by atoms with E-state index >= 15 is 0 Å². The van der Waals surface area contributed by atoms with Crippen molar-refractivity contribution in [3.63, 3.8) is 0 Å². The number of thiophene rings is 1. The van der Waals surface area contributed by atoms with Gasteiger partial charge in [0.2, 0.25) is 0 Å². The Morgan fingerprint density at radius 1 is 1.47 bits per heavy atom. The number of nitrogens with one attached hydrogen (secondary N) is 1. The van der Waals surface area contributed by atoms with E-state index in [-0.39, 0.29) is 5.69 Å². The maximum atomic E-state index is 11.7. The van der Waals surface area contributed by atoms with Crippen LogP contribution in [0.1, 0.15) is 21.4 Å². The molecule has 0 radical (unpaired) electrons. The van der Waals surface area contributed by atoms with Gasteiger partial charge in [0.25, 0.3) is 5.91 Å². The quantitative estimate of drug-likeness (QED) is 0.868. The maximum absolute atomic E-state index is 11.7. The Bertz CT molecular complexity index is 510. The molecule has 2 heterocycles. The summed E-state index contributed by atoms with van der Waals surface area (Å²) >= 11 is 2.16. The average Bonchev–Trinajstić information content (AvgIpc) is 2.97. The van der Waals surface area contributed by atoms with Gasteiger partial charge in [-0.05, 0) is 11.4 Å². The molecule has 1 atom stereocenters. The molecule has 0 aliphatic carbocycles. The predicted molar refractivity (Wildman–Crippen MR) is 62.1 cm³/mol. The summed E-state index contributed by atoms with van der Waals surface area (Å²) < 4.78 is 7.42. The van der Waals surface area contributed by atoms with Crippen LogP contribution in [0.15, 0.2) is 23.7 Å². The molecule has 1 unspecified atom stereocenters. The molecule has 0 saturated heterocycles. The fourth-order valence-corrected chi connectivity index (χ4v) is 2.36. The third-order valence-electron chi connectivity index (χ3n) is 1.94. The highest BCUT2D eigenvalue weighted by Gasteiger charge is 2.24. The first-order chi connectivity index (χ1) is 8.18. The summed E-state index contributed by atoms with van der Waals surface area (Å²) in [7, 11) is 0. The van der Waals surface area contributed by atoms with E-state index in [4.69, 9.17) is 5.11 Å². The number of hydrogen-bond donors (Lipinski definition) is 2. The van der Waals surface area contributed by atoms with Crippen LogP contribution in [0.4, 0.5) is 0 Å². The number of aromatic nitrogens is 2. The Hall–Kier alpha value is -1.80. The first-order valence-electron chi connectivity index (χ1n) is 4.53. The van der Waals surface area contributed by atoms with E-state index in [9.17, 15) is 9.59 Å². The highest BCUT2D eigenvalue weighted by atomic mass is 32.1. The number of carboxylic acid groups (broad SMARTS) is 1. The van der Waals surface area contributed by atoms with Gasteiger partial charge in [0.15, 0.2) is 11.7 Å². The fraction of sp³-hybridized carbons (Fsp3) is 0.111. The Morgan fingerprint density at radius 3 is 2.82 bits per heavy atom. The molecule has 0 aromatic carbocycles. The molecule has 0 bridgehead atoms. The number of amides is 1. The molecule has 6 nitrogen and oxygen atoms in total. The number of hydrogen-bond acceptors (Lipinski definition) is 6. The van der Waals surface area contributed by atoms with Crippen LogP contribution in [-0.2, 0) is 4.79 Å². The van der Waals surface area contributed by atoms with Crippen molar-refractivity contribution < 1.29 is 14.7 Å². The van der Waals surface area contributed by atoms with E-state index in [1.165, 1.54) is 17.5 Å². The van der Waals surface area contributed by atoms with Crippen molar-refractivity contribution in [3.8, 4) is 0 Å². The molecule has 2 aromatic heterocycles. The van der Waals surface area contributed by atoms with Gasteiger partial charge in [0.05, 0.1) is 17.9 Å². The lowest BCUT2D eigenvalue weighted by Crippen LogP contribution is -2.33. The molecule has 0 spiro atoms. The van der Waals surface area contributed by atoms with E-state index in [0.29, 0.717) is 4.88 Å². The highest BCUT2D eigenvalue weighted by molar-refractivity contribution is 7.10. The standard InChI is InChI=1S/C9H7N3O3S2/c13-8(5-4-10-17-12-5)11-7(9(14)15)6-2-1-3-16-6/h1-4,7H,(H,11,13)(H,14,15). The molecule has 2 aromatic rings. The number of carbonyl (C=O) groups excluding carboxylic acids is 1. The van der Waals surface area contributed by atoms with Crippen LogP contribution in [0.2, 0.25) is 0 Å². The van der Waals surface area contributed by atoms with Crippen molar-refractivity contribution in [2.75, 3.05) is 0 Å². The molecule has 1 amide bonds. The van der Waals surface area contributed by atoms with Crippen LogP contribution in [0.25, 0.3) is 0 Å². The molecular weight excluding hydrogens is 262 g/mol. The molecule has 0 aliphatic heterocycles. The summed E-state index contributed by atoms with van der Waals surface area (Å²) in [5.74, 6) is -1.65. The average molecular weight is 269 g/mol. The summed E-state index contributed by atoms with van der Waals surface area (Å²) in [5.41, 5.74) is 0.123. The number of carbonyl (C=O) groups is 2. The van der Waals surface area contributed by atoms with E-state index in [1.807, 2.05) is 0 Å². The van der Waals surface area contributed by atoms with Gasteiger partial charge in [0.1, 0.15) is 0 Å². The minimum Gasteiger partial charge on any atom is -0.479 e. The van der Waals surface area contributed by atoms with E-state index in [2.05, 4.69) is 14.1 Å². The zero-order chi connectivity index (χ0) is 12.3. The van der Waals surface area contributed by atoms with Crippen LogP contribution in [0, 0.1) is 0 Å². The SMILES string of the molecule is O=C(NC(C(=O)O)c1cccs1)c1cnsn1. The van der Waals surface area contributed by atoms with Crippen LogP contribution < -0.4 is 5.32 Å². The molecule has 17 heavy (non-hydrogen) atoms. The first-order valence-corrected chi connectivity index (χ1v) is 6.14. The van der Waals surface area contributed by atoms with Gasteiger partial charge < -0.3 is 10.4 Å². The second-order valence-electron chi connectivity index (χ2n) is 3.05. The lowest BCUT2D eigenvalue weighted by atomic mass is 10.2. The minimum atomic E-state index is -1.11.